The van der Waals surface area contributed by atoms with E-state index in [4.69, 9.17) is 9.47 Å². The average Bonchev–Trinajstić information content (AvgIpc) is 3.42. The summed E-state index contributed by atoms with van der Waals surface area (Å²) in [5, 5.41) is 2.84. The fraction of sp³-hybridized carbons (Fsp3) is 0.591. The summed E-state index contributed by atoms with van der Waals surface area (Å²) in [6, 6.07) is 6.37. The van der Waals surface area contributed by atoms with Gasteiger partial charge >= 0.3 is 11.9 Å². The minimum Gasteiger partial charge on any atom is -0.467 e. The highest BCUT2D eigenvalue weighted by atomic mass is 16.5. The Balaban J connectivity index is 1.58. The van der Waals surface area contributed by atoms with Crippen molar-refractivity contribution in [2.45, 2.75) is 63.8 Å². The van der Waals surface area contributed by atoms with Crippen molar-refractivity contribution in [3.05, 3.63) is 29.8 Å². The largest absolute Gasteiger partial charge is 0.467 e. The molecule has 1 atom stereocenters. The van der Waals surface area contributed by atoms with Crippen LogP contribution < -0.4 is 10.1 Å². The molecule has 0 saturated heterocycles. The summed E-state index contributed by atoms with van der Waals surface area (Å²) in [6.45, 7) is 0. The minimum atomic E-state index is -0.718. The van der Waals surface area contributed by atoms with Crippen molar-refractivity contribution in [3.63, 3.8) is 0 Å². The summed E-state index contributed by atoms with van der Waals surface area (Å²) in [5.74, 6) is -0.191. The Labute approximate surface area is 166 Å². The number of hydrogen-bond donors (Lipinski definition) is 1. The molecule has 0 radical (unpaired) electrons. The molecule has 2 saturated carbocycles. The molecule has 2 aliphatic rings. The van der Waals surface area contributed by atoms with Crippen LogP contribution in [0.5, 0.6) is 5.75 Å². The van der Waals surface area contributed by atoms with Crippen molar-refractivity contribution in [3.8, 4) is 5.75 Å². The topological polar surface area (TPSA) is 81.7 Å². The zero-order valence-electron chi connectivity index (χ0n) is 16.4. The number of methoxy groups -OCH3 is 1. The third kappa shape index (κ3) is 5.33. The molecular formula is C22H29NO5. The smallest absolute Gasteiger partial charge is 0.328 e. The number of amides is 1. The zero-order valence-corrected chi connectivity index (χ0v) is 16.4. The Morgan fingerprint density at radius 2 is 1.54 bits per heavy atom. The summed E-state index contributed by atoms with van der Waals surface area (Å²) in [5.41, 5.74) is 0.864. The van der Waals surface area contributed by atoms with Gasteiger partial charge in [-0.2, -0.15) is 0 Å². The van der Waals surface area contributed by atoms with Crippen molar-refractivity contribution >= 4 is 17.8 Å². The molecule has 1 aromatic rings. The first-order valence-corrected chi connectivity index (χ1v) is 10.3. The molecule has 2 aliphatic carbocycles. The van der Waals surface area contributed by atoms with Crippen molar-refractivity contribution in [1.82, 2.24) is 5.32 Å². The van der Waals surface area contributed by atoms with Gasteiger partial charge in [-0.3, -0.25) is 9.59 Å². The molecule has 1 unspecified atom stereocenters. The van der Waals surface area contributed by atoms with Gasteiger partial charge < -0.3 is 14.8 Å². The summed E-state index contributed by atoms with van der Waals surface area (Å²) in [6.07, 6.45) is 8.17. The zero-order chi connectivity index (χ0) is 19.9. The van der Waals surface area contributed by atoms with Crippen molar-refractivity contribution < 1.29 is 23.9 Å². The molecule has 0 heterocycles. The first-order chi connectivity index (χ1) is 13.6. The first-order valence-electron chi connectivity index (χ1n) is 10.3. The van der Waals surface area contributed by atoms with Crippen LogP contribution in [0.1, 0.15) is 56.9 Å². The summed E-state index contributed by atoms with van der Waals surface area (Å²) in [4.78, 5) is 36.6. The van der Waals surface area contributed by atoms with Crippen molar-refractivity contribution in [2.24, 2.45) is 11.8 Å². The molecule has 0 aliphatic heterocycles. The second-order valence-corrected chi connectivity index (χ2v) is 7.82. The highest BCUT2D eigenvalue weighted by Crippen LogP contribution is 2.27. The lowest BCUT2D eigenvalue weighted by Crippen LogP contribution is -2.45. The van der Waals surface area contributed by atoms with Crippen LogP contribution in [0.25, 0.3) is 0 Å². The number of carbonyl (C=O) groups excluding carboxylic acids is 3. The minimum absolute atomic E-state index is 0.00850. The van der Waals surface area contributed by atoms with Gasteiger partial charge in [-0.25, -0.2) is 4.79 Å². The fourth-order valence-corrected chi connectivity index (χ4v) is 4.10. The molecule has 0 spiro atoms. The Hall–Kier alpha value is -2.37. The van der Waals surface area contributed by atoms with Gasteiger partial charge in [0.15, 0.2) is 0 Å². The maximum absolute atomic E-state index is 12.4. The van der Waals surface area contributed by atoms with Gasteiger partial charge in [-0.05, 0) is 43.4 Å². The van der Waals surface area contributed by atoms with Crippen LogP contribution in [0.4, 0.5) is 0 Å². The highest BCUT2D eigenvalue weighted by Gasteiger charge is 2.28. The Bertz CT molecular complexity index is 687. The van der Waals surface area contributed by atoms with Crippen LogP contribution in [0, 0.1) is 11.8 Å². The van der Waals surface area contributed by atoms with Crippen LogP contribution in [0.3, 0.4) is 0 Å². The molecule has 152 valence electrons. The van der Waals surface area contributed by atoms with Crippen LogP contribution >= 0.6 is 0 Å². The average molecular weight is 387 g/mol. The maximum atomic E-state index is 12.4. The van der Waals surface area contributed by atoms with Gasteiger partial charge in [0.2, 0.25) is 5.91 Å². The molecule has 3 rings (SSSR count). The van der Waals surface area contributed by atoms with Gasteiger partial charge in [0.25, 0.3) is 0 Å². The second kappa shape index (κ2) is 9.71. The lowest BCUT2D eigenvalue weighted by molar-refractivity contribution is -0.145. The van der Waals surface area contributed by atoms with E-state index in [0.29, 0.717) is 12.2 Å². The molecule has 1 aromatic carbocycles. The molecule has 28 heavy (non-hydrogen) atoms. The first kappa shape index (κ1) is 20.4. The molecule has 1 N–H and O–H groups in total. The number of rotatable bonds is 7. The van der Waals surface area contributed by atoms with Gasteiger partial charge in [-0.1, -0.05) is 37.8 Å². The van der Waals surface area contributed by atoms with Gasteiger partial charge in [0.1, 0.15) is 11.8 Å². The predicted molar refractivity (Wildman–Crippen MR) is 104 cm³/mol. The Morgan fingerprint density at radius 3 is 2.11 bits per heavy atom. The van der Waals surface area contributed by atoms with Crippen LogP contribution in [-0.2, 0) is 25.5 Å². The Morgan fingerprint density at radius 1 is 0.964 bits per heavy atom. The Kier molecular flexibility index (Phi) is 7.06. The molecule has 6 nitrogen and oxygen atoms in total. The van der Waals surface area contributed by atoms with Crippen LogP contribution in [-0.4, -0.2) is 31.0 Å². The quantitative estimate of drug-likeness (QED) is 0.574. The lowest BCUT2D eigenvalue weighted by atomic mass is 10.0. The van der Waals surface area contributed by atoms with E-state index in [-0.39, 0.29) is 23.7 Å². The monoisotopic (exact) mass is 387 g/mol. The molecular weight excluding hydrogens is 358 g/mol. The van der Waals surface area contributed by atoms with E-state index in [1.54, 1.807) is 12.1 Å². The van der Waals surface area contributed by atoms with Gasteiger partial charge in [-0.15, -0.1) is 0 Å². The van der Waals surface area contributed by atoms with E-state index < -0.39 is 12.0 Å². The van der Waals surface area contributed by atoms with Crippen LogP contribution in [0.15, 0.2) is 24.3 Å². The molecule has 0 aromatic heterocycles. The summed E-state index contributed by atoms with van der Waals surface area (Å²) < 4.78 is 10.3. The van der Waals surface area contributed by atoms with E-state index >= 15 is 0 Å². The summed E-state index contributed by atoms with van der Waals surface area (Å²) >= 11 is 0. The van der Waals surface area contributed by atoms with Gasteiger partial charge in [0, 0.05) is 12.3 Å². The van der Waals surface area contributed by atoms with E-state index in [2.05, 4.69) is 5.32 Å². The van der Waals surface area contributed by atoms with Crippen LogP contribution in [0.2, 0.25) is 0 Å². The van der Waals surface area contributed by atoms with Crippen molar-refractivity contribution in [2.75, 3.05) is 7.11 Å². The van der Waals surface area contributed by atoms with E-state index in [9.17, 15) is 14.4 Å². The standard InChI is InChI=1S/C22H29NO5/c1-27-22(26)19(23-20(24)16-6-2-3-7-16)14-15-10-12-18(13-11-15)28-21(25)17-8-4-5-9-17/h10-13,16-17,19H,2-9,14H2,1H3,(H,23,24). The molecule has 0 bridgehead atoms. The third-order valence-corrected chi connectivity index (χ3v) is 5.80. The number of benzene rings is 1. The fourth-order valence-electron chi connectivity index (χ4n) is 4.10. The summed E-state index contributed by atoms with van der Waals surface area (Å²) in [7, 11) is 1.32. The number of carbonyl (C=O) groups is 3. The molecule has 1 amide bonds. The van der Waals surface area contributed by atoms with E-state index in [0.717, 1.165) is 56.9 Å². The molecule has 6 heteroatoms. The van der Waals surface area contributed by atoms with Crippen molar-refractivity contribution in [1.29, 1.82) is 0 Å². The number of ether oxygens (including phenoxy) is 2. The third-order valence-electron chi connectivity index (χ3n) is 5.80. The predicted octanol–water partition coefficient (Wildman–Crippen LogP) is 3.17. The lowest BCUT2D eigenvalue weighted by Gasteiger charge is -2.19. The number of esters is 2. The molecule has 2 fully saturated rings. The van der Waals surface area contributed by atoms with Gasteiger partial charge in [0.05, 0.1) is 13.0 Å². The SMILES string of the molecule is COC(=O)C(Cc1ccc(OC(=O)C2CCCC2)cc1)NC(=O)C1CCCC1. The second-order valence-electron chi connectivity index (χ2n) is 7.82. The normalized spacial score (nSPS) is 18.6. The number of hydrogen-bond acceptors (Lipinski definition) is 5. The number of nitrogens with one attached hydrogen (secondary N) is 1. The van der Waals surface area contributed by atoms with E-state index in [1.807, 2.05) is 12.1 Å². The maximum Gasteiger partial charge on any atom is 0.328 e. The highest BCUT2D eigenvalue weighted by molar-refractivity contribution is 5.86. The van der Waals surface area contributed by atoms with E-state index in [1.165, 1.54) is 7.11 Å².